The van der Waals surface area contributed by atoms with E-state index < -0.39 is 5.41 Å². The van der Waals surface area contributed by atoms with Crippen molar-refractivity contribution in [3.8, 4) is 0 Å². The summed E-state index contributed by atoms with van der Waals surface area (Å²) in [4.78, 5) is 22.9. The van der Waals surface area contributed by atoms with Crippen molar-refractivity contribution >= 4 is 17.9 Å². The van der Waals surface area contributed by atoms with E-state index in [2.05, 4.69) is 5.32 Å². The van der Waals surface area contributed by atoms with Gasteiger partial charge in [-0.3, -0.25) is 9.59 Å². The third kappa shape index (κ3) is 3.67. The number of nitrogens with two attached hydrogens (primary N) is 1. The highest BCUT2D eigenvalue weighted by Crippen LogP contribution is 2.20. The Balaban J connectivity index is 2.96. The van der Waals surface area contributed by atoms with Gasteiger partial charge in [0, 0.05) is 11.0 Å². The van der Waals surface area contributed by atoms with Crippen LogP contribution in [-0.2, 0) is 11.2 Å². The fraction of sp³-hybridized carbons (Fsp3) is 0.429. The van der Waals surface area contributed by atoms with Gasteiger partial charge in [-0.1, -0.05) is 26.8 Å². The van der Waals surface area contributed by atoms with Gasteiger partial charge in [0.05, 0.1) is 5.69 Å². The zero-order valence-electron chi connectivity index (χ0n) is 11.1. The number of hydrogen-bond donors (Lipinski definition) is 2. The second-order valence-electron chi connectivity index (χ2n) is 5.28. The Morgan fingerprint density at radius 2 is 2.06 bits per heavy atom. The summed E-state index contributed by atoms with van der Waals surface area (Å²) in [6.45, 7) is 6.01. The minimum Gasteiger partial charge on any atom is -0.330 e. The molecule has 0 saturated carbocycles. The number of benzene rings is 1. The fourth-order valence-electron chi connectivity index (χ4n) is 1.46. The predicted molar refractivity (Wildman–Crippen MR) is 72.7 cm³/mol. The van der Waals surface area contributed by atoms with Crippen LogP contribution in [0.4, 0.5) is 5.69 Å². The van der Waals surface area contributed by atoms with E-state index >= 15 is 0 Å². The second-order valence-corrected chi connectivity index (χ2v) is 5.28. The lowest BCUT2D eigenvalue weighted by Gasteiger charge is -2.18. The largest absolute Gasteiger partial charge is 0.330 e. The number of carbonyl (C=O) groups excluding carboxylic acids is 2. The molecule has 1 aromatic carbocycles. The van der Waals surface area contributed by atoms with Crippen LogP contribution in [0.25, 0.3) is 0 Å². The molecule has 18 heavy (non-hydrogen) atoms. The van der Waals surface area contributed by atoms with E-state index in [-0.39, 0.29) is 5.91 Å². The van der Waals surface area contributed by atoms with Crippen molar-refractivity contribution in [3.63, 3.8) is 0 Å². The Bertz CT molecular complexity index is 448. The van der Waals surface area contributed by atoms with Crippen molar-refractivity contribution < 1.29 is 9.59 Å². The quantitative estimate of drug-likeness (QED) is 0.800. The molecule has 0 aromatic heterocycles. The lowest BCUT2D eigenvalue weighted by Crippen LogP contribution is -2.28. The first-order chi connectivity index (χ1) is 8.38. The molecule has 1 aromatic rings. The lowest BCUT2D eigenvalue weighted by atomic mass is 9.95. The van der Waals surface area contributed by atoms with E-state index in [0.29, 0.717) is 24.2 Å². The average Bonchev–Trinajstić information content (AvgIpc) is 2.30. The van der Waals surface area contributed by atoms with Crippen molar-refractivity contribution in [2.24, 2.45) is 11.1 Å². The summed E-state index contributed by atoms with van der Waals surface area (Å²) in [6, 6.07) is 5.38. The summed E-state index contributed by atoms with van der Waals surface area (Å²) in [5.41, 5.74) is 7.01. The molecule has 0 saturated heterocycles. The summed E-state index contributed by atoms with van der Waals surface area (Å²) in [7, 11) is 0. The summed E-state index contributed by atoms with van der Waals surface area (Å²) in [5, 5.41) is 2.77. The highest BCUT2D eigenvalue weighted by atomic mass is 16.2. The van der Waals surface area contributed by atoms with Gasteiger partial charge in [0.1, 0.15) is 0 Å². The molecule has 3 N–H and O–H groups in total. The van der Waals surface area contributed by atoms with Gasteiger partial charge < -0.3 is 11.1 Å². The molecular weight excluding hydrogens is 228 g/mol. The summed E-state index contributed by atoms with van der Waals surface area (Å²) in [5.74, 6) is -0.114. The molecule has 0 radical (unpaired) electrons. The molecular formula is C14H20N2O2. The lowest BCUT2D eigenvalue weighted by molar-refractivity contribution is -0.123. The smallest absolute Gasteiger partial charge is 0.229 e. The molecule has 4 nitrogen and oxygen atoms in total. The maximum Gasteiger partial charge on any atom is 0.229 e. The van der Waals surface area contributed by atoms with Gasteiger partial charge in [-0.05, 0) is 30.7 Å². The van der Waals surface area contributed by atoms with Gasteiger partial charge in [0.2, 0.25) is 5.91 Å². The van der Waals surface area contributed by atoms with E-state index in [9.17, 15) is 9.59 Å². The topological polar surface area (TPSA) is 72.2 Å². The first kappa shape index (κ1) is 14.4. The van der Waals surface area contributed by atoms with Crippen LogP contribution in [0.15, 0.2) is 18.2 Å². The Kier molecular flexibility index (Phi) is 4.62. The number of hydrogen-bond acceptors (Lipinski definition) is 3. The number of amides is 1. The number of rotatable bonds is 4. The molecule has 0 aliphatic heterocycles. The van der Waals surface area contributed by atoms with E-state index in [1.807, 2.05) is 26.8 Å². The first-order valence-electron chi connectivity index (χ1n) is 5.98. The monoisotopic (exact) mass is 248 g/mol. The SMILES string of the molecule is CC(C)(C)C(=O)Nc1ccc(CCN)cc1C=O. The van der Waals surface area contributed by atoms with E-state index in [1.165, 1.54) is 0 Å². The van der Waals surface area contributed by atoms with Gasteiger partial charge in [0.25, 0.3) is 0 Å². The van der Waals surface area contributed by atoms with Crippen LogP contribution >= 0.6 is 0 Å². The standard InChI is InChI=1S/C14H20N2O2/c1-14(2,3)13(18)16-12-5-4-10(6-7-15)8-11(12)9-17/h4-5,8-9H,6-7,15H2,1-3H3,(H,16,18). The number of carbonyl (C=O) groups is 2. The van der Waals surface area contributed by atoms with Crippen molar-refractivity contribution in [3.05, 3.63) is 29.3 Å². The van der Waals surface area contributed by atoms with Crippen LogP contribution < -0.4 is 11.1 Å². The molecule has 0 bridgehead atoms. The second kappa shape index (κ2) is 5.78. The van der Waals surface area contributed by atoms with E-state index in [0.717, 1.165) is 11.8 Å². The van der Waals surface area contributed by atoms with Crippen LogP contribution in [-0.4, -0.2) is 18.7 Å². The molecule has 0 heterocycles. The number of aldehydes is 1. The third-order valence-corrected chi connectivity index (χ3v) is 2.61. The van der Waals surface area contributed by atoms with Crippen LogP contribution in [0.5, 0.6) is 0 Å². The molecule has 0 unspecified atom stereocenters. The van der Waals surface area contributed by atoms with Crippen LogP contribution in [0.3, 0.4) is 0 Å². The van der Waals surface area contributed by atoms with Gasteiger partial charge in [0.15, 0.2) is 6.29 Å². The zero-order valence-corrected chi connectivity index (χ0v) is 11.1. The molecule has 0 spiro atoms. The molecule has 98 valence electrons. The molecule has 1 rings (SSSR count). The molecule has 0 fully saturated rings. The Morgan fingerprint density at radius 3 is 2.56 bits per heavy atom. The fourth-order valence-corrected chi connectivity index (χ4v) is 1.46. The van der Waals surface area contributed by atoms with Crippen LogP contribution in [0, 0.1) is 5.41 Å². The minimum absolute atomic E-state index is 0.114. The van der Waals surface area contributed by atoms with Crippen molar-refractivity contribution in [2.75, 3.05) is 11.9 Å². The molecule has 0 aliphatic rings. The number of nitrogens with one attached hydrogen (secondary N) is 1. The normalized spacial score (nSPS) is 11.1. The van der Waals surface area contributed by atoms with Crippen LogP contribution in [0.2, 0.25) is 0 Å². The van der Waals surface area contributed by atoms with Gasteiger partial charge in [-0.15, -0.1) is 0 Å². The Hall–Kier alpha value is -1.68. The summed E-state index contributed by atoms with van der Waals surface area (Å²) in [6.07, 6.45) is 1.46. The number of anilines is 1. The van der Waals surface area contributed by atoms with E-state index in [4.69, 9.17) is 5.73 Å². The highest BCUT2D eigenvalue weighted by Gasteiger charge is 2.21. The van der Waals surface area contributed by atoms with Crippen molar-refractivity contribution in [1.82, 2.24) is 0 Å². The summed E-state index contributed by atoms with van der Waals surface area (Å²) < 4.78 is 0. The van der Waals surface area contributed by atoms with Gasteiger partial charge in [-0.2, -0.15) is 0 Å². The first-order valence-corrected chi connectivity index (χ1v) is 5.98. The van der Waals surface area contributed by atoms with Crippen molar-refractivity contribution in [1.29, 1.82) is 0 Å². The molecule has 1 amide bonds. The zero-order chi connectivity index (χ0) is 13.8. The van der Waals surface area contributed by atoms with Gasteiger partial charge in [-0.25, -0.2) is 0 Å². The molecule has 0 aliphatic carbocycles. The maximum atomic E-state index is 11.9. The molecule has 0 atom stereocenters. The minimum atomic E-state index is -0.490. The molecule has 4 heteroatoms. The average molecular weight is 248 g/mol. The Labute approximate surface area is 108 Å². The predicted octanol–water partition coefficient (Wildman–Crippen LogP) is 1.98. The Morgan fingerprint density at radius 1 is 1.39 bits per heavy atom. The van der Waals surface area contributed by atoms with Gasteiger partial charge >= 0.3 is 0 Å². The maximum absolute atomic E-state index is 11.9. The highest BCUT2D eigenvalue weighted by molar-refractivity contribution is 5.98. The van der Waals surface area contributed by atoms with Crippen LogP contribution in [0.1, 0.15) is 36.7 Å². The van der Waals surface area contributed by atoms with Crippen molar-refractivity contribution in [2.45, 2.75) is 27.2 Å². The van der Waals surface area contributed by atoms with E-state index in [1.54, 1.807) is 12.1 Å². The summed E-state index contributed by atoms with van der Waals surface area (Å²) >= 11 is 0. The third-order valence-electron chi connectivity index (χ3n) is 2.61.